The van der Waals surface area contributed by atoms with E-state index in [1.165, 1.54) is 17.8 Å². The third kappa shape index (κ3) is 1.83. The van der Waals surface area contributed by atoms with Gasteiger partial charge in [-0.1, -0.05) is 6.07 Å². The highest BCUT2D eigenvalue weighted by molar-refractivity contribution is 7.98. The molecule has 0 unspecified atom stereocenters. The summed E-state index contributed by atoms with van der Waals surface area (Å²) in [4.78, 5) is 0.626. The molecule has 0 fully saturated rings. The minimum absolute atomic E-state index is 0.236. The first-order valence-electron chi connectivity index (χ1n) is 4.35. The van der Waals surface area contributed by atoms with Crippen LogP contribution in [0.5, 0.6) is 0 Å². The van der Waals surface area contributed by atoms with Crippen molar-refractivity contribution in [2.45, 2.75) is 4.90 Å². The fourth-order valence-corrected chi connectivity index (χ4v) is 1.82. The number of nitrogens with one attached hydrogen (secondary N) is 1. The van der Waals surface area contributed by atoms with Gasteiger partial charge in [0, 0.05) is 10.5 Å². The SMILES string of the molecule is CSc1ccc(-c2cn[nH]c2N)cc1F. The van der Waals surface area contributed by atoms with E-state index in [2.05, 4.69) is 10.2 Å². The fourth-order valence-electron chi connectivity index (χ4n) is 1.36. The van der Waals surface area contributed by atoms with Crippen LogP contribution < -0.4 is 5.73 Å². The maximum absolute atomic E-state index is 13.5. The lowest BCUT2D eigenvalue weighted by Gasteiger charge is -2.02. The molecule has 1 aromatic heterocycles. The predicted octanol–water partition coefficient (Wildman–Crippen LogP) is 2.52. The van der Waals surface area contributed by atoms with Crippen LogP contribution in [0.25, 0.3) is 11.1 Å². The number of thioether (sulfide) groups is 1. The number of hydrogen-bond donors (Lipinski definition) is 2. The highest BCUT2D eigenvalue weighted by atomic mass is 32.2. The lowest BCUT2D eigenvalue weighted by molar-refractivity contribution is 0.603. The number of aromatic nitrogens is 2. The summed E-state index contributed by atoms with van der Waals surface area (Å²) in [5.74, 6) is 0.215. The molecular weight excluding hydrogens is 213 g/mol. The second-order valence-electron chi connectivity index (χ2n) is 3.05. The number of benzene rings is 1. The lowest BCUT2D eigenvalue weighted by atomic mass is 10.1. The van der Waals surface area contributed by atoms with Crippen molar-refractivity contribution < 1.29 is 4.39 Å². The van der Waals surface area contributed by atoms with Gasteiger partial charge < -0.3 is 5.73 Å². The third-order valence-electron chi connectivity index (χ3n) is 2.13. The Morgan fingerprint density at radius 3 is 2.80 bits per heavy atom. The van der Waals surface area contributed by atoms with Crippen molar-refractivity contribution in [3.05, 3.63) is 30.2 Å². The van der Waals surface area contributed by atoms with Gasteiger partial charge in [0.25, 0.3) is 0 Å². The molecule has 1 aromatic carbocycles. The van der Waals surface area contributed by atoms with Crippen LogP contribution >= 0.6 is 11.8 Å². The average molecular weight is 223 g/mol. The van der Waals surface area contributed by atoms with Crippen molar-refractivity contribution in [2.24, 2.45) is 0 Å². The Labute approximate surface area is 90.9 Å². The lowest BCUT2D eigenvalue weighted by Crippen LogP contribution is -1.89. The number of nitrogens with zero attached hydrogens (tertiary/aromatic N) is 1. The highest BCUT2D eigenvalue weighted by Crippen LogP contribution is 2.28. The maximum atomic E-state index is 13.5. The predicted molar refractivity (Wildman–Crippen MR) is 60.2 cm³/mol. The van der Waals surface area contributed by atoms with Crippen LogP contribution in [0, 0.1) is 5.82 Å². The van der Waals surface area contributed by atoms with Gasteiger partial charge in [0.1, 0.15) is 11.6 Å². The molecule has 0 saturated carbocycles. The van der Waals surface area contributed by atoms with Gasteiger partial charge in [-0.2, -0.15) is 5.10 Å². The zero-order valence-corrected chi connectivity index (χ0v) is 8.94. The van der Waals surface area contributed by atoms with Crippen LogP contribution in [0.3, 0.4) is 0 Å². The minimum atomic E-state index is -0.236. The van der Waals surface area contributed by atoms with Gasteiger partial charge in [0.15, 0.2) is 0 Å². The van der Waals surface area contributed by atoms with Gasteiger partial charge in [0.2, 0.25) is 0 Å². The second-order valence-corrected chi connectivity index (χ2v) is 3.89. The third-order valence-corrected chi connectivity index (χ3v) is 2.90. The van der Waals surface area contributed by atoms with E-state index in [0.717, 1.165) is 11.1 Å². The summed E-state index contributed by atoms with van der Waals surface area (Å²) in [6.07, 6.45) is 3.42. The molecule has 2 aromatic rings. The molecule has 5 heteroatoms. The van der Waals surface area contributed by atoms with Gasteiger partial charge in [-0.25, -0.2) is 4.39 Å². The van der Waals surface area contributed by atoms with Gasteiger partial charge in [-0.3, -0.25) is 5.10 Å². The van der Waals surface area contributed by atoms with Crippen LogP contribution in [-0.4, -0.2) is 16.5 Å². The normalized spacial score (nSPS) is 10.5. The Morgan fingerprint density at radius 1 is 1.47 bits per heavy atom. The number of H-pyrrole nitrogens is 1. The first-order chi connectivity index (χ1) is 7.22. The molecule has 0 aliphatic carbocycles. The van der Waals surface area contributed by atoms with E-state index in [9.17, 15) is 4.39 Å². The van der Waals surface area contributed by atoms with Gasteiger partial charge in [-0.15, -0.1) is 11.8 Å². The second kappa shape index (κ2) is 3.94. The molecule has 0 bridgehead atoms. The number of rotatable bonds is 2. The molecule has 15 heavy (non-hydrogen) atoms. The van der Waals surface area contributed by atoms with Gasteiger partial charge in [-0.05, 0) is 24.0 Å². The molecule has 2 rings (SSSR count). The molecular formula is C10H10FN3S. The quantitative estimate of drug-likeness (QED) is 0.769. The zero-order chi connectivity index (χ0) is 10.8. The van der Waals surface area contributed by atoms with Crippen molar-refractivity contribution in [1.29, 1.82) is 0 Å². The molecule has 0 spiro atoms. The molecule has 78 valence electrons. The van der Waals surface area contributed by atoms with E-state index < -0.39 is 0 Å². The first-order valence-corrected chi connectivity index (χ1v) is 5.57. The highest BCUT2D eigenvalue weighted by Gasteiger charge is 2.07. The summed E-state index contributed by atoms with van der Waals surface area (Å²) >= 11 is 1.38. The Balaban J connectivity index is 2.47. The largest absolute Gasteiger partial charge is 0.384 e. The molecule has 3 N–H and O–H groups in total. The van der Waals surface area contributed by atoms with Crippen molar-refractivity contribution in [3.8, 4) is 11.1 Å². The molecule has 0 aliphatic heterocycles. The number of hydrogen-bond acceptors (Lipinski definition) is 3. The van der Waals surface area contributed by atoms with E-state index in [0.29, 0.717) is 10.7 Å². The van der Waals surface area contributed by atoms with E-state index in [-0.39, 0.29) is 5.82 Å². The van der Waals surface area contributed by atoms with Crippen molar-refractivity contribution in [1.82, 2.24) is 10.2 Å². The molecule has 0 atom stereocenters. The standard InChI is InChI=1S/C10H10FN3S/c1-15-9-3-2-6(4-8(9)11)7-5-13-14-10(7)12/h2-5H,1H3,(H3,12,13,14). The molecule has 0 saturated heterocycles. The molecule has 0 aliphatic rings. The molecule has 0 radical (unpaired) electrons. The Morgan fingerprint density at radius 2 is 2.27 bits per heavy atom. The van der Waals surface area contributed by atoms with Gasteiger partial charge >= 0.3 is 0 Å². The van der Waals surface area contributed by atoms with Crippen LogP contribution in [0.15, 0.2) is 29.3 Å². The van der Waals surface area contributed by atoms with Crippen molar-refractivity contribution in [2.75, 3.05) is 12.0 Å². The monoisotopic (exact) mass is 223 g/mol. The summed E-state index contributed by atoms with van der Waals surface area (Å²) in [7, 11) is 0. The summed E-state index contributed by atoms with van der Waals surface area (Å²) < 4.78 is 13.5. The fraction of sp³-hybridized carbons (Fsp3) is 0.100. The number of halogens is 1. The Kier molecular flexibility index (Phi) is 2.64. The first kappa shape index (κ1) is 10.0. The van der Waals surface area contributed by atoms with E-state index in [4.69, 9.17) is 5.73 Å². The van der Waals surface area contributed by atoms with E-state index in [1.54, 1.807) is 12.3 Å². The van der Waals surface area contributed by atoms with Crippen LogP contribution in [-0.2, 0) is 0 Å². The number of nitrogen functional groups attached to an aromatic ring is 1. The van der Waals surface area contributed by atoms with Crippen molar-refractivity contribution in [3.63, 3.8) is 0 Å². The number of aromatic amines is 1. The summed E-state index contributed by atoms with van der Waals surface area (Å²) in [6, 6.07) is 5.03. The molecule has 1 heterocycles. The van der Waals surface area contributed by atoms with E-state index in [1.807, 2.05) is 12.3 Å². The van der Waals surface area contributed by atoms with Crippen LogP contribution in [0.2, 0.25) is 0 Å². The summed E-state index contributed by atoms with van der Waals surface area (Å²) in [6.45, 7) is 0. The maximum Gasteiger partial charge on any atom is 0.137 e. The van der Waals surface area contributed by atoms with Crippen molar-refractivity contribution >= 4 is 17.6 Å². The van der Waals surface area contributed by atoms with Crippen LogP contribution in [0.4, 0.5) is 10.2 Å². The summed E-state index contributed by atoms with van der Waals surface area (Å²) in [5.41, 5.74) is 7.10. The molecule has 0 amide bonds. The zero-order valence-electron chi connectivity index (χ0n) is 8.12. The van der Waals surface area contributed by atoms with E-state index >= 15 is 0 Å². The minimum Gasteiger partial charge on any atom is -0.384 e. The summed E-state index contributed by atoms with van der Waals surface area (Å²) in [5, 5.41) is 6.41. The molecule has 3 nitrogen and oxygen atoms in total. The average Bonchev–Trinajstić information content (AvgIpc) is 2.64. The number of anilines is 1. The Bertz CT molecular complexity index is 481. The van der Waals surface area contributed by atoms with Crippen LogP contribution in [0.1, 0.15) is 0 Å². The topological polar surface area (TPSA) is 54.7 Å². The van der Waals surface area contributed by atoms with Gasteiger partial charge in [0.05, 0.1) is 6.20 Å². The number of nitrogens with two attached hydrogens (primary N) is 1. The Hall–Kier alpha value is -1.49. The smallest absolute Gasteiger partial charge is 0.137 e.